The number of aromatic hydroxyl groups is 1. The summed E-state index contributed by atoms with van der Waals surface area (Å²) in [4.78, 5) is 10.9. The van der Waals surface area contributed by atoms with Gasteiger partial charge >= 0.3 is 5.97 Å². The van der Waals surface area contributed by atoms with Crippen molar-refractivity contribution in [2.24, 2.45) is 0 Å². The highest BCUT2D eigenvalue weighted by atomic mass is 35.5. The van der Waals surface area contributed by atoms with E-state index in [2.05, 4.69) is 4.74 Å². The van der Waals surface area contributed by atoms with Crippen LogP contribution in [-0.2, 0) is 16.0 Å². The third-order valence-electron chi connectivity index (χ3n) is 1.64. The molecule has 14 heavy (non-hydrogen) atoms. The summed E-state index contributed by atoms with van der Waals surface area (Å²) in [7, 11) is 1.29. The Morgan fingerprint density at radius 2 is 2.14 bits per heavy atom. The lowest BCUT2D eigenvalue weighted by molar-refractivity contribution is -0.139. The van der Waals surface area contributed by atoms with Gasteiger partial charge in [0.1, 0.15) is 10.8 Å². The predicted molar refractivity (Wildman–Crippen MR) is 53.8 cm³/mol. The van der Waals surface area contributed by atoms with Crippen LogP contribution < -0.4 is 0 Å². The molecular weight excluding hydrogens is 227 g/mol. The molecule has 76 valence electrons. The first kappa shape index (κ1) is 11.1. The van der Waals surface area contributed by atoms with Crippen molar-refractivity contribution in [2.45, 2.75) is 6.42 Å². The molecule has 1 rings (SSSR count). The van der Waals surface area contributed by atoms with Gasteiger partial charge in [0.15, 0.2) is 0 Å². The van der Waals surface area contributed by atoms with E-state index in [0.29, 0.717) is 5.56 Å². The molecule has 0 bridgehead atoms. The Balaban J connectivity index is 2.95. The molecule has 0 radical (unpaired) electrons. The van der Waals surface area contributed by atoms with Crippen molar-refractivity contribution >= 4 is 29.2 Å². The van der Waals surface area contributed by atoms with Crippen molar-refractivity contribution in [2.75, 3.05) is 7.11 Å². The maximum atomic E-state index is 10.9. The standard InChI is InChI=1S/C9H8Cl2O3/c1-14-8(13)4-5-2-6(10)9(11)7(12)3-5/h2-3,12H,4H2,1H3. The lowest BCUT2D eigenvalue weighted by Gasteiger charge is -2.04. The third-order valence-corrected chi connectivity index (χ3v) is 2.44. The fraction of sp³-hybridized carbons (Fsp3) is 0.222. The number of carbonyl (C=O) groups excluding carboxylic acids is 1. The highest BCUT2D eigenvalue weighted by Crippen LogP contribution is 2.32. The normalized spacial score (nSPS) is 9.93. The van der Waals surface area contributed by atoms with E-state index in [1.54, 1.807) is 0 Å². The van der Waals surface area contributed by atoms with Gasteiger partial charge in [0.25, 0.3) is 0 Å². The number of esters is 1. The van der Waals surface area contributed by atoms with Crippen molar-refractivity contribution < 1.29 is 14.6 Å². The van der Waals surface area contributed by atoms with Crippen LogP contribution in [0.4, 0.5) is 0 Å². The zero-order valence-electron chi connectivity index (χ0n) is 7.38. The molecule has 0 heterocycles. The van der Waals surface area contributed by atoms with Crippen LogP contribution in [0, 0.1) is 0 Å². The van der Waals surface area contributed by atoms with E-state index in [1.165, 1.54) is 19.2 Å². The Labute approximate surface area is 91.2 Å². The molecule has 0 aliphatic heterocycles. The minimum absolute atomic E-state index is 0.0565. The summed E-state index contributed by atoms with van der Waals surface area (Å²) in [5, 5.41) is 9.60. The third kappa shape index (κ3) is 2.53. The smallest absolute Gasteiger partial charge is 0.309 e. The quantitative estimate of drug-likeness (QED) is 0.800. The molecule has 0 aliphatic rings. The average Bonchev–Trinajstić information content (AvgIpc) is 2.14. The van der Waals surface area contributed by atoms with Gasteiger partial charge in [-0.1, -0.05) is 23.2 Å². The minimum atomic E-state index is -0.400. The number of benzene rings is 1. The van der Waals surface area contributed by atoms with Crippen LogP contribution >= 0.6 is 23.2 Å². The first-order chi connectivity index (χ1) is 6.54. The number of phenols is 1. The Hall–Kier alpha value is -0.930. The lowest BCUT2D eigenvalue weighted by atomic mass is 10.1. The second-order valence-electron chi connectivity index (χ2n) is 2.66. The summed E-state index contributed by atoms with van der Waals surface area (Å²) in [5.74, 6) is -0.541. The maximum Gasteiger partial charge on any atom is 0.309 e. The molecule has 0 spiro atoms. The second-order valence-corrected chi connectivity index (χ2v) is 3.45. The van der Waals surface area contributed by atoms with Crippen LogP contribution in [0.15, 0.2) is 12.1 Å². The van der Waals surface area contributed by atoms with E-state index in [1.807, 2.05) is 0 Å². The van der Waals surface area contributed by atoms with Crippen molar-refractivity contribution in [1.29, 1.82) is 0 Å². The zero-order valence-corrected chi connectivity index (χ0v) is 8.89. The average molecular weight is 235 g/mol. The summed E-state index contributed by atoms with van der Waals surface area (Å²) in [6, 6.07) is 2.89. The molecule has 0 amide bonds. The Morgan fingerprint density at radius 1 is 1.50 bits per heavy atom. The van der Waals surface area contributed by atoms with E-state index in [0.717, 1.165) is 0 Å². The number of rotatable bonds is 2. The first-order valence-corrected chi connectivity index (χ1v) is 4.54. The Kier molecular flexibility index (Phi) is 3.61. The Bertz CT molecular complexity index is 340. The molecule has 1 aromatic carbocycles. The molecule has 1 aromatic rings. The monoisotopic (exact) mass is 234 g/mol. The molecule has 0 atom stereocenters. The van der Waals surface area contributed by atoms with Gasteiger partial charge in [0.2, 0.25) is 0 Å². The van der Waals surface area contributed by atoms with Crippen LogP contribution in [0.1, 0.15) is 5.56 Å². The topological polar surface area (TPSA) is 46.5 Å². The van der Waals surface area contributed by atoms with Crippen LogP contribution in [-0.4, -0.2) is 18.2 Å². The van der Waals surface area contributed by atoms with Crippen molar-refractivity contribution in [1.82, 2.24) is 0 Å². The number of hydrogen-bond acceptors (Lipinski definition) is 3. The first-order valence-electron chi connectivity index (χ1n) is 3.78. The van der Waals surface area contributed by atoms with Crippen LogP contribution in [0.25, 0.3) is 0 Å². The number of methoxy groups -OCH3 is 1. The van der Waals surface area contributed by atoms with E-state index >= 15 is 0 Å². The van der Waals surface area contributed by atoms with Gasteiger partial charge in [-0.05, 0) is 17.7 Å². The fourth-order valence-corrected chi connectivity index (χ4v) is 1.32. The van der Waals surface area contributed by atoms with Crippen LogP contribution in [0.2, 0.25) is 10.0 Å². The fourth-order valence-electron chi connectivity index (χ4n) is 0.970. The molecule has 0 saturated heterocycles. The number of hydrogen-bond donors (Lipinski definition) is 1. The lowest BCUT2D eigenvalue weighted by Crippen LogP contribution is -2.04. The van der Waals surface area contributed by atoms with Gasteiger partial charge in [-0.3, -0.25) is 4.79 Å². The zero-order chi connectivity index (χ0) is 10.7. The minimum Gasteiger partial charge on any atom is -0.506 e. The van der Waals surface area contributed by atoms with Gasteiger partial charge in [-0.25, -0.2) is 0 Å². The Morgan fingerprint density at radius 3 is 2.64 bits per heavy atom. The molecule has 1 N–H and O–H groups in total. The molecule has 0 unspecified atom stereocenters. The predicted octanol–water partition coefficient (Wildman–Crippen LogP) is 2.41. The summed E-state index contributed by atoms with van der Waals surface area (Å²) in [6.07, 6.45) is 0.0565. The number of phenolic OH excluding ortho intramolecular Hbond substituents is 1. The maximum absolute atomic E-state index is 10.9. The van der Waals surface area contributed by atoms with E-state index in [-0.39, 0.29) is 22.2 Å². The second kappa shape index (κ2) is 4.53. The number of carbonyl (C=O) groups is 1. The molecule has 5 heteroatoms. The van der Waals surface area contributed by atoms with Crippen LogP contribution in [0.3, 0.4) is 0 Å². The van der Waals surface area contributed by atoms with Gasteiger partial charge in [-0.15, -0.1) is 0 Å². The van der Waals surface area contributed by atoms with Gasteiger partial charge < -0.3 is 9.84 Å². The van der Waals surface area contributed by atoms with Crippen molar-refractivity contribution in [3.63, 3.8) is 0 Å². The largest absolute Gasteiger partial charge is 0.506 e. The van der Waals surface area contributed by atoms with Crippen molar-refractivity contribution in [3.8, 4) is 5.75 Å². The molecule has 0 aliphatic carbocycles. The summed E-state index contributed by atoms with van der Waals surface area (Å²) in [5.41, 5.74) is 0.559. The van der Waals surface area contributed by atoms with Gasteiger partial charge in [0.05, 0.1) is 18.6 Å². The molecule has 0 fully saturated rings. The molecule has 0 saturated carbocycles. The summed E-state index contributed by atoms with van der Waals surface area (Å²) < 4.78 is 4.47. The molecule has 0 aromatic heterocycles. The van der Waals surface area contributed by atoms with Crippen LogP contribution in [0.5, 0.6) is 5.75 Å². The van der Waals surface area contributed by atoms with Crippen molar-refractivity contribution in [3.05, 3.63) is 27.7 Å². The summed E-state index contributed by atoms with van der Waals surface area (Å²) in [6.45, 7) is 0. The van der Waals surface area contributed by atoms with Gasteiger partial charge in [0, 0.05) is 0 Å². The number of halogens is 2. The van der Waals surface area contributed by atoms with E-state index in [9.17, 15) is 9.90 Å². The molecular formula is C9H8Cl2O3. The molecule has 3 nitrogen and oxygen atoms in total. The van der Waals surface area contributed by atoms with E-state index in [4.69, 9.17) is 23.2 Å². The van der Waals surface area contributed by atoms with Gasteiger partial charge in [-0.2, -0.15) is 0 Å². The summed E-state index contributed by atoms with van der Waals surface area (Å²) >= 11 is 11.3. The number of ether oxygens (including phenoxy) is 1. The highest BCUT2D eigenvalue weighted by Gasteiger charge is 2.09. The highest BCUT2D eigenvalue weighted by molar-refractivity contribution is 6.42. The SMILES string of the molecule is COC(=O)Cc1cc(O)c(Cl)c(Cl)c1. The van der Waals surface area contributed by atoms with E-state index < -0.39 is 5.97 Å².